The van der Waals surface area contributed by atoms with Crippen LogP contribution in [0.1, 0.15) is 25.7 Å². The van der Waals surface area contributed by atoms with E-state index in [0.717, 1.165) is 30.2 Å². The fourth-order valence-corrected chi connectivity index (χ4v) is 4.80. The summed E-state index contributed by atoms with van der Waals surface area (Å²) in [6.07, 6.45) is 4.18. The van der Waals surface area contributed by atoms with Crippen molar-refractivity contribution >= 4 is 48.3 Å². The van der Waals surface area contributed by atoms with Crippen molar-refractivity contribution in [2.75, 3.05) is 10.0 Å². The second-order valence-corrected chi connectivity index (χ2v) is 9.42. The Kier molecular flexibility index (Phi) is 5.16. The van der Waals surface area contributed by atoms with Gasteiger partial charge in [-0.3, -0.25) is 4.72 Å². The van der Waals surface area contributed by atoms with Crippen molar-refractivity contribution in [3.63, 3.8) is 0 Å². The zero-order chi connectivity index (χ0) is 19.7. The Balaban J connectivity index is 1.82. The smallest absolute Gasteiger partial charge is 0.363 e. The summed E-state index contributed by atoms with van der Waals surface area (Å²) in [7, 11) is -3.95. The van der Waals surface area contributed by atoms with Gasteiger partial charge >= 0.3 is 5.63 Å². The van der Waals surface area contributed by atoms with Crippen LogP contribution in [0.3, 0.4) is 0 Å². The molecule has 2 aromatic carbocycles. The number of hydrogen-bond acceptors (Lipinski definition) is 5. The molecule has 28 heavy (non-hydrogen) atoms. The van der Waals surface area contributed by atoms with Crippen LogP contribution in [0.15, 0.2) is 67.1 Å². The summed E-state index contributed by atoms with van der Waals surface area (Å²) in [5.74, 6) is 0. The SMILES string of the molecule is O=c1oc2ccccc2c(NC2CCCC2)c1NS(=O)(=O)c1ccc(Br)cc1. The van der Waals surface area contributed by atoms with Gasteiger partial charge in [-0.25, -0.2) is 13.2 Å². The summed E-state index contributed by atoms with van der Waals surface area (Å²) in [5, 5.41) is 4.05. The lowest BCUT2D eigenvalue weighted by atomic mass is 10.1. The Bertz CT molecular complexity index is 1170. The molecule has 0 spiro atoms. The molecule has 146 valence electrons. The lowest BCUT2D eigenvalue weighted by Gasteiger charge is -2.19. The fourth-order valence-electron chi connectivity index (χ4n) is 3.47. The maximum absolute atomic E-state index is 12.9. The van der Waals surface area contributed by atoms with E-state index in [4.69, 9.17) is 4.42 Å². The summed E-state index contributed by atoms with van der Waals surface area (Å²) in [5.41, 5.74) is 0.0763. The molecule has 0 bridgehead atoms. The predicted octanol–water partition coefficient (Wildman–Crippen LogP) is 4.71. The Hall–Kier alpha value is -2.32. The van der Waals surface area contributed by atoms with Crippen molar-refractivity contribution in [3.05, 3.63) is 63.4 Å². The molecule has 0 saturated heterocycles. The van der Waals surface area contributed by atoms with E-state index in [1.807, 2.05) is 12.1 Å². The Morgan fingerprint density at radius 3 is 2.36 bits per heavy atom. The first kappa shape index (κ1) is 19.0. The maximum atomic E-state index is 12.9. The second-order valence-electron chi connectivity index (χ2n) is 6.82. The van der Waals surface area contributed by atoms with Gasteiger partial charge in [0.15, 0.2) is 5.69 Å². The van der Waals surface area contributed by atoms with E-state index >= 15 is 0 Å². The molecule has 3 aromatic rings. The van der Waals surface area contributed by atoms with E-state index < -0.39 is 15.6 Å². The molecular formula is C20H19BrN2O4S. The van der Waals surface area contributed by atoms with Crippen LogP contribution in [-0.2, 0) is 10.0 Å². The third-order valence-corrected chi connectivity index (χ3v) is 6.77. The zero-order valence-corrected chi connectivity index (χ0v) is 17.3. The van der Waals surface area contributed by atoms with Gasteiger partial charge in [-0.05, 0) is 49.2 Å². The summed E-state index contributed by atoms with van der Waals surface area (Å²) in [4.78, 5) is 12.7. The molecular weight excluding hydrogens is 444 g/mol. The third kappa shape index (κ3) is 3.79. The number of anilines is 2. The monoisotopic (exact) mass is 462 g/mol. The molecule has 1 aliphatic carbocycles. The molecule has 0 aliphatic heterocycles. The summed E-state index contributed by atoms with van der Waals surface area (Å²) >= 11 is 3.29. The minimum absolute atomic E-state index is 0.0649. The molecule has 2 N–H and O–H groups in total. The van der Waals surface area contributed by atoms with Crippen molar-refractivity contribution in [1.82, 2.24) is 0 Å². The number of fused-ring (bicyclic) bond motifs is 1. The van der Waals surface area contributed by atoms with Crippen LogP contribution in [-0.4, -0.2) is 14.5 Å². The highest BCUT2D eigenvalue weighted by Crippen LogP contribution is 2.33. The molecule has 1 fully saturated rings. The normalized spacial score (nSPS) is 15.0. The van der Waals surface area contributed by atoms with Gasteiger partial charge in [-0.2, -0.15) is 0 Å². The van der Waals surface area contributed by atoms with Gasteiger partial charge in [0, 0.05) is 15.9 Å². The largest absolute Gasteiger partial charge is 0.421 e. The summed E-state index contributed by atoms with van der Waals surface area (Å²) < 4.78 is 34.3. The lowest BCUT2D eigenvalue weighted by Crippen LogP contribution is -2.23. The van der Waals surface area contributed by atoms with E-state index in [9.17, 15) is 13.2 Å². The predicted molar refractivity (Wildman–Crippen MR) is 113 cm³/mol. The average Bonchev–Trinajstić information content (AvgIpc) is 3.18. The van der Waals surface area contributed by atoms with Crippen LogP contribution in [0.25, 0.3) is 11.0 Å². The van der Waals surface area contributed by atoms with Gasteiger partial charge in [-0.1, -0.05) is 40.9 Å². The second kappa shape index (κ2) is 7.60. The maximum Gasteiger partial charge on any atom is 0.363 e. The number of para-hydroxylation sites is 1. The first-order valence-corrected chi connectivity index (χ1v) is 11.3. The van der Waals surface area contributed by atoms with Crippen LogP contribution < -0.4 is 15.7 Å². The van der Waals surface area contributed by atoms with Gasteiger partial charge in [0.05, 0.1) is 10.6 Å². The highest BCUT2D eigenvalue weighted by molar-refractivity contribution is 9.10. The van der Waals surface area contributed by atoms with Gasteiger partial charge in [0.25, 0.3) is 10.0 Å². The molecule has 1 aliphatic rings. The Labute approximate surface area is 171 Å². The van der Waals surface area contributed by atoms with E-state index in [0.29, 0.717) is 16.7 Å². The van der Waals surface area contributed by atoms with E-state index in [-0.39, 0.29) is 16.6 Å². The first-order valence-electron chi connectivity index (χ1n) is 9.05. The molecule has 0 atom stereocenters. The van der Waals surface area contributed by atoms with Crippen molar-refractivity contribution < 1.29 is 12.8 Å². The van der Waals surface area contributed by atoms with Crippen LogP contribution in [0.5, 0.6) is 0 Å². The number of nitrogens with one attached hydrogen (secondary N) is 2. The molecule has 1 saturated carbocycles. The molecule has 8 heteroatoms. The quantitative estimate of drug-likeness (QED) is 0.535. The van der Waals surface area contributed by atoms with Gasteiger partial charge in [0.1, 0.15) is 5.58 Å². The molecule has 0 radical (unpaired) electrons. The first-order chi connectivity index (χ1) is 13.4. The average molecular weight is 463 g/mol. The van der Waals surface area contributed by atoms with Crippen molar-refractivity contribution in [2.45, 2.75) is 36.6 Å². The third-order valence-electron chi connectivity index (χ3n) is 4.88. The van der Waals surface area contributed by atoms with Gasteiger partial charge < -0.3 is 9.73 Å². The number of halogens is 1. The number of rotatable bonds is 5. The molecule has 1 heterocycles. The van der Waals surface area contributed by atoms with Crippen LogP contribution in [0.4, 0.5) is 11.4 Å². The van der Waals surface area contributed by atoms with E-state index in [2.05, 4.69) is 26.0 Å². The highest BCUT2D eigenvalue weighted by atomic mass is 79.9. The van der Waals surface area contributed by atoms with Crippen LogP contribution >= 0.6 is 15.9 Å². The standard InChI is InChI=1S/C20H19BrN2O4S/c21-13-9-11-15(12-10-13)28(25,26)23-19-18(22-14-5-1-2-6-14)16-7-3-4-8-17(16)27-20(19)24/h3-4,7-12,14,22-23H,1-2,5-6H2. The minimum Gasteiger partial charge on any atom is -0.421 e. The molecule has 6 nitrogen and oxygen atoms in total. The number of sulfonamides is 1. The number of hydrogen-bond donors (Lipinski definition) is 2. The topological polar surface area (TPSA) is 88.4 Å². The van der Waals surface area contributed by atoms with E-state index in [1.54, 1.807) is 24.3 Å². The minimum atomic E-state index is -3.95. The molecule has 0 unspecified atom stereocenters. The highest BCUT2D eigenvalue weighted by Gasteiger charge is 2.24. The molecule has 0 amide bonds. The van der Waals surface area contributed by atoms with Crippen molar-refractivity contribution in [2.24, 2.45) is 0 Å². The van der Waals surface area contributed by atoms with Crippen LogP contribution in [0.2, 0.25) is 0 Å². The summed E-state index contributed by atoms with van der Waals surface area (Å²) in [6, 6.07) is 13.5. The molecule has 1 aromatic heterocycles. The summed E-state index contributed by atoms with van der Waals surface area (Å²) in [6.45, 7) is 0. The number of benzene rings is 2. The van der Waals surface area contributed by atoms with Crippen molar-refractivity contribution in [3.8, 4) is 0 Å². The Morgan fingerprint density at radius 1 is 0.964 bits per heavy atom. The van der Waals surface area contributed by atoms with E-state index in [1.165, 1.54) is 12.1 Å². The Morgan fingerprint density at radius 2 is 1.64 bits per heavy atom. The van der Waals surface area contributed by atoms with Crippen molar-refractivity contribution in [1.29, 1.82) is 0 Å². The lowest BCUT2D eigenvalue weighted by molar-refractivity contribution is 0.562. The zero-order valence-electron chi connectivity index (χ0n) is 14.9. The van der Waals surface area contributed by atoms with Gasteiger partial charge in [0.2, 0.25) is 0 Å². The van der Waals surface area contributed by atoms with Crippen LogP contribution in [0, 0.1) is 0 Å². The fraction of sp³-hybridized carbons (Fsp3) is 0.250. The van der Waals surface area contributed by atoms with Gasteiger partial charge in [-0.15, -0.1) is 0 Å². The molecule has 4 rings (SSSR count).